The van der Waals surface area contributed by atoms with Crippen molar-refractivity contribution in [2.24, 2.45) is 0 Å². The van der Waals surface area contributed by atoms with Crippen molar-refractivity contribution in [3.05, 3.63) is 35.4 Å². The Labute approximate surface area is 131 Å². The lowest BCUT2D eigenvalue weighted by Crippen LogP contribution is -2.46. The van der Waals surface area contributed by atoms with Gasteiger partial charge in [0.15, 0.2) is 0 Å². The van der Waals surface area contributed by atoms with Gasteiger partial charge in [0.2, 0.25) is 0 Å². The van der Waals surface area contributed by atoms with Gasteiger partial charge in [0.1, 0.15) is 0 Å². The van der Waals surface area contributed by atoms with E-state index in [1.54, 1.807) is 0 Å². The molecule has 1 atom stereocenters. The van der Waals surface area contributed by atoms with Crippen LogP contribution in [0.15, 0.2) is 24.3 Å². The normalized spacial score (nSPS) is 23.8. The number of benzene rings is 1. The zero-order valence-electron chi connectivity index (χ0n) is 14.5. The van der Waals surface area contributed by atoms with E-state index in [4.69, 9.17) is 0 Å². The Morgan fingerprint density at radius 3 is 2.38 bits per heavy atom. The molecule has 1 saturated heterocycles. The lowest BCUT2D eigenvalue weighted by Gasteiger charge is -2.34. The topological polar surface area (TPSA) is 12.0 Å². The first-order valence-electron chi connectivity index (χ1n) is 8.80. The largest absolute Gasteiger partial charge is 0.311 e. The van der Waals surface area contributed by atoms with E-state index in [2.05, 4.69) is 57.3 Å². The zero-order chi connectivity index (χ0) is 15.3. The first-order chi connectivity index (χ1) is 9.95. The molecule has 1 heteroatoms. The molecule has 0 saturated carbocycles. The molecule has 0 amide bonds. The molecule has 1 nitrogen and oxygen atoms in total. The molecule has 0 spiro atoms. The minimum Gasteiger partial charge on any atom is -0.311 e. The summed E-state index contributed by atoms with van der Waals surface area (Å²) in [6.45, 7) is 10.4. The summed E-state index contributed by atoms with van der Waals surface area (Å²) in [5.74, 6) is 0. The van der Waals surface area contributed by atoms with Crippen LogP contribution in [0.4, 0.5) is 0 Å². The third-order valence-corrected chi connectivity index (χ3v) is 4.92. The van der Waals surface area contributed by atoms with Crippen LogP contribution < -0.4 is 5.32 Å². The number of hydrogen-bond acceptors (Lipinski definition) is 1. The molecule has 118 valence electrons. The average Bonchev–Trinajstić information content (AvgIpc) is 2.65. The lowest BCUT2D eigenvalue weighted by atomic mass is 9.81. The van der Waals surface area contributed by atoms with Gasteiger partial charge in [0.25, 0.3) is 0 Å². The highest BCUT2D eigenvalue weighted by molar-refractivity contribution is 5.28. The molecule has 1 aromatic rings. The van der Waals surface area contributed by atoms with Crippen LogP contribution in [0.5, 0.6) is 0 Å². The maximum Gasteiger partial charge on any atom is 0.0221 e. The van der Waals surface area contributed by atoms with Crippen molar-refractivity contribution in [2.45, 2.75) is 83.6 Å². The van der Waals surface area contributed by atoms with E-state index in [0.29, 0.717) is 5.54 Å². The second-order valence-electron chi connectivity index (χ2n) is 7.89. The van der Waals surface area contributed by atoms with E-state index in [-0.39, 0.29) is 5.41 Å². The fourth-order valence-electron chi connectivity index (χ4n) is 3.65. The summed E-state index contributed by atoms with van der Waals surface area (Å²) < 4.78 is 0. The standard InChI is InChI=1S/C20H33N/c1-5-13-20(14-7-6-8-15-21-20)16-17-9-11-18(12-10-17)19(2,3)4/h9-12,21H,5-8,13-16H2,1-4H3. The Morgan fingerprint density at radius 2 is 1.76 bits per heavy atom. The molecule has 0 aliphatic carbocycles. The van der Waals surface area contributed by atoms with Crippen LogP contribution in [0.2, 0.25) is 0 Å². The smallest absolute Gasteiger partial charge is 0.0221 e. The molecule has 1 heterocycles. The van der Waals surface area contributed by atoms with Crippen LogP contribution in [0, 0.1) is 0 Å². The quantitative estimate of drug-likeness (QED) is 0.799. The Bertz CT molecular complexity index is 416. The van der Waals surface area contributed by atoms with E-state index in [9.17, 15) is 0 Å². The fourth-order valence-corrected chi connectivity index (χ4v) is 3.65. The van der Waals surface area contributed by atoms with Gasteiger partial charge in [0, 0.05) is 5.54 Å². The molecule has 1 fully saturated rings. The Hall–Kier alpha value is -0.820. The van der Waals surface area contributed by atoms with E-state index < -0.39 is 0 Å². The molecular weight excluding hydrogens is 254 g/mol. The minimum atomic E-state index is 0.250. The van der Waals surface area contributed by atoms with Gasteiger partial charge >= 0.3 is 0 Å². The van der Waals surface area contributed by atoms with Gasteiger partial charge in [0.05, 0.1) is 0 Å². The third kappa shape index (κ3) is 4.57. The van der Waals surface area contributed by atoms with Crippen LogP contribution in [0.3, 0.4) is 0 Å². The molecule has 21 heavy (non-hydrogen) atoms. The van der Waals surface area contributed by atoms with Crippen LogP contribution in [-0.2, 0) is 11.8 Å². The molecule has 1 N–H and O–H groups in total. The predicted molar refractivity (Wildman–Crippen MR) is 93.0 cm³/mol. The second kappa shape index (κ2) is 6.96. The van der Waals surface area contributed by atoms with E-state index in [0.717, 1.165) is 0 Å². The summed E-state index contributed by atoms with van der Waals surface area (Å²) in [6.07, 6.45) is 9.21. The Morgan fingerprint density at radius 1 is 1.05 bits per heavy atom. The van der Waals surface area contributed by atoms with Crippen LogP contribution in [0.25, 0.3) is 0 Å². The molecule has 1 aliphatic heterocycles. The van der Waals surface area contributed by atoms with Gasteiger partial charge in [-0.05, 0) is 48.8 Å². The van der Waals surface area contributed by atoms with E-state index in [1.165, 1.54) is 62.6 Å². The van der Waals surface area contributed by atoms with Crippen molar-refractivity contribution in [1.29, 1.82) is 0 Å². The molecule has 0 radical (unpaired) electrons. The van der Waals surface area contributed by atoms with E-state index in [1.807, 2.05) is 0 Å². The van der Waals surface area contributed by atoms with Crippen molar-refractivity contribution in [2.75, 3.05) is 6.54 Å². The van der Waals surface area contributed by atoms with Gasteiger partial charge in [-0.1, -0.05) is 71.2 Å². The summed E-state index contributed by atoms with van der Waals surface area (Å²) in [4.78, 5) is 0. The molecule has 1 unspecified atom stereocenters. The highest BCUT2D eigenvalue weighted by Crippen LogP contribution is 2.29. The summed E-state index contributed by atoms with van der Waals surface area (Å²) in [5.41, 5.74) is 3.52. The Kier molecular flexibility index (Phi) is 5.48. The molecular formula is C20H33N. The summed E-state index contributed by atoms with van der Waals surface area (Å²) >= 11 is 0. The molecule has 0 bridgehead atoms. The minimum absolute atomic E-state index is 0.250. The highest BCUT2D eigenvalue weighted by Gasteiger charge is 2.29. The predicted octanol–water partition coefficient (Wildman–Crippen LogP) is 5.23. The summed E-state index contributed by atoms with van der Waals surface area (Å²) in [5, 5.41) is 3.89. The first-order valence-corrected chi connectivity index (χ1v) is 8.80. The molecule has 0 aromatic heterocycles. The van der Waals surface area contributed by atoms with Crippen molar-refractivity contribution in [3.63, 3.8) is 0 Å². The van der Waals surface area contributed by atoms with Gasteiger partial charge in [-0.15, -0.1) is 0 Å². The highest BCUT2D eigenvalue weighted by atomic mass is 15.0. The monoisotopic (exact) mass is 287 g/mol. The average molecular weight is 287 g/mol. The maximum absolute atomic E-state index is 3.89. The van der Waals surface area contributed by atoms with Crippen molar-refractivity contribution >= 4 is 0 Å². The van der Waals surface area contributed by atoms with E-state index >= 15 is 0 Å². The van der Waals surface area contributed by atoms with Gasteiger partial charge < -0.3 is 5.32 Å². The SMILES string of the molecule is CCCC1(Cc2ccc(C(C)(C)C)cc2)CCCCCN1. The Balaban J connectivity index is 2.12. The van der Waals surface area contributed by atoms with Gasteiger partial charge in [-0.3, -0.25) is 0 Å². The zero-order valence-corrected chi connectivity index (χ0v) is 14.5. The molecule has 1 aliphatic rings. The van der Waals surface area contributed by atoms with Crippen LogP contribution in [-0.4, -0.2) is 12.1 Å². The summed E-state index contributed by atoms with van der Waals surface area (Å²) in [6, 6.07) is 9.35. The fraction of sp³-hybridized carbons (Fsp3) is 0.700. The number of rotatable bonds is 4. The van der Waals surface area contributed by atoms with Crippen molar-refractivity contribution < 1.29 is 0 Å². The first kappa shape index (κ1) is 16.5. The molecule has 2 rings (SSSR count). The van der Waals surface area contributed by atoms with Gasteiger partial charge in [-0.2, -0.15) is 0 Å². The number of nitrogens with one attached hydrogen (secondary N) is 1. The summed E-state index contributed by atoms with van der Waals surface area (Å²) in [7, 11) is 0. The number of hydrogen-bond donors (Lipinski definition) is 1. The lowest BCUT2D eigenvalue weighted by molar-refractivity contribution is 0.288. The van der Waals surface area contributed by atoms with Crippen molar-refractivity contribution in [3.8, 4) is 0 Å². The third-order valence-electron chi connectivity index (χ3n) is 4.92. The maximum atomic E-state index is 3.89. The van der Waals surface area contributed by atoms with Crippen LogP contribution in [0.1, 0.15) is 77.3 Å². The van der Waals surface area contributed by atoms with Crippen LogP contribution >= 0.6 is 0 Å². The van der Waals surface area contributed by atoms with Gasteiger partial charge in [-0.25, -0.2) is 0 Å². The van der Waals surface area contributed by atoms with Crippen molar-refractivity contribution in [1.82, 2.24) is 5.32 Å². The molecule has 1 aromatic carbocycles. The second-order valence-corrected chi connectivity index (χ2v) is 7.89.